The van der Waals surface area contributed by atoms with Crippen LogP contribution in [0.1, 0.15) is 134 Å². The van der Waals surface area contributed by atoms with Gasteiger partial charge in [-0.05, 0) is 212 Å². The van der Waals surface area contributed by atoms with Crippen molar-refractivity contribution in [1.82, 2.24) is 63.0 Å². The highest BCUT2D eigenvalue weighted by molar-refractivity contribution is 6.32. The highest BCUT2D eigenvalue weighted by Gasteiger charge is 2.42. The minimum atomic E-state index is -2.24. The molecule has 7 aromatic carbocycles. The number of aromatic hydroxyl groups is 6. The maximum Gasteiger partial charge on any atom is 0.408 e. The van der Waals surface area contributed by atoms with Crippen molar-refractivity contribution in [1.29, 1.82) is 0 Å². The second-order valence-electron chi connectivity index (χ2n) is 29.8. The number of carbonyl (C=O) groups excluding carboxylic acids is 9. The van der Waals surface area contributed by atoms with Crippen molar-refractivity contribution in [3.63, 3.8) is 0 Å². The predicted molar refractivity (Wildman–Crippen MR) is 418 cm³/mol. The number of nitrogens with one attached hydrogen (secondary N) is 10. The van der Waals surface area contributed by atoms with Gasteiger partial charge in [-0.3, -0.25) is 38.4 Å². The normalized spacial score (nSPS) is 19.8. The number of nitrogens with two attached hydrogens (primary N) is 1. The van der Waals surface area contributed by atoms with E-state index < -0.39 is 165 Å². The van der Waals surface area contributed by atoms with Crippen LogP contribution in [0, 0.1) is 0 Å². The van der Waals surface area contributed by atoms with E-state index in [1.54, 1.807) is 20.8 Å². The largest absolute Gasteiger partial charge is 0.508 e. The summed E-state index contributed by atoms with van der Waals surface area (Å²) in [5, 5.41) is 112. The Hall–Kier alpha value is -11.9. The molecule has 33 nitrogen and oxygen atoms in total. The van der Waals surface area contributed by atoms with Crippen molar-refractivity contribution in [3.05, 3.63) is 164 Å². The molecule has 0 spiro atoms. The van der Waals surface area contributed by atoms with Gasteiger partial charge in [0.05, 0.1) is 21.7 Å². The number of phenolic OH excluding ortho intramolecular Hbond substituents is 6. The van der Waals surface area contributed by atoms with E-state index >= 15 is 24.0 Å². The van der Waals surface area contributed by atoms with Crippen LogP contribution in [0.4, 0.5) is 4.79 Å². The molecule has 19 N–H and O–H groups in total. The molecule has 13 rings (SSSR count). The highest BCUT2D eigenvalue weighted by Crippen LogP contribution is 2.49. The summed E-state index contributed by atoms with van der Waals surface area (Å²) in [7, 11) is 7.46. The number of aliphatic hydroxyl groups is 1. The Morgan fingerprint density at radius 3 is 1.81 bits per heavy atom. The van der Waals surface area contributed by atoms with E-state index in [0.717, 1.165) is 67.6 Å². The van der Waals surface area contributed by atoms with Crippen LogP contribution in [0.5, 0.6) is 69.0 Å². The molecule has 9 amide bonds. The molecule has 35 heteroatoms. The zero-order valence-corrected chi connectivity index (χ0v) is 65.3. The number of aliphatic hydroxyl groups excluding tert-OH is 1. The first kappa shape index (κ1) is 84.1. The van der Waals surface area contributed by atoms with Gasteiger partial charge >= 0.3 is 6.09 Å². The van der Waals surface area contributed by atoms with Gasteiger partial charge in [0, 0.05) is 43.2 Å². The predicted octanol–water partition coefficient (Wildman–Crippen LogP) is 6.19. The fourth-order valence-corrected chi connectivity index (χ4v) is 13.9. The average molecular weight is 1630 g/mol. The van der Waals surface area contributed by atoms with E-state index in [1.165, 1.54) is 54.6 Å². The molecule has 2 unspecified atom stereocenters. The first-order valence-electron chi connectivity index (χ1n) is 37.0. The summed E-state index contributed by atoms with van der Waals surface area (Å²) >= 11 is 14.0. The molecule has 6 aliphatic heterocycles. The average Bonchev–Trinajstić information content (AvgIpc) is 0.755. The topological polar surface area (TPSA) is 485 Å². The Balaban J connectivity index is 1.06. The van der Waals surface area contributed by atoms with Crippen LogP contribution >= 0.6 is 23.2 Å². The zero-order chi connectivity index (χ0) is 83.0. The van der Waals surface area contributed by atoms with Gasteiger partial charge in [0.1, 0.15) is 94.2 Å². The highest BCUT2D eigenvalue weighted by atomic mass is 35.5. The number of halogens is 2. The van der Waals surface area contributed by atoms with Gasteiger partial charge in [-0.2, -0.15) is 0 Å². The number of carbonyl (C=O) groups is 9. The third-order valence-electron chi connectivity index (χ3n) is 19.3. The molecule has 0 aromatic heterocycles. The third kappa shape index (κ3) is 20.4. The fourth-order valence-electron chi connectivity index (χ4n) is 13.4. The zero-order valence-electron chi connectivity index (χ0n) is 63.7. The van der Waals surface area contributed by atoms with Gasteiger partial charge in [-0.1, -0.05) is 53.9 Å². The van der Waals surface area contributed by atoms with Gasteiger partial charge in [0.15, 0.2) is 23.0 Å². The monoisotopic (exact) mass is 1620 g/mol. The van der Waals surface area contributed by atoms with E-state index in [4.69, 9.17) is 47.9 Å². The van der Waals surface area contributed by atoms with Crippen molar-refractivity contribution in [3.8, 4) is 80.1 Å². The Morgan fingerprint density at radius 2 is 1.16 bits per heavy atom. The minimum absolute atomic E-state index is 0.00313. The molecule has 17 bridgehead atoms. The molecular formula is C80H91Cl2N13O20. The summed E-state index contributed by atoms with van der Waals surface area (Å²) in [6.45, 7) is 6.38. The number of ether oxygens (including phenoxy) is 4. The SMILES string of the molecule is CN(C)CCCNC(=O)C(N)CCCCNCc1c(O)cc2c(c1O)-c1cc(ccc1O)[C@@H]1NC(=O)[C@H]3NC(=O)[C@H]4NC(=O)[C@H](Cc5ccc(c(Cl)c5)Oc5cc3cc(c5O)Oc3ccc(cc3Cl)C(O)[C@H](NC1=O)C(=O)N[C@@H]2C(=O)NCCCN(C)C)NC(=O)[C@H](NC(=O)OC(C)(C)C)c1ccc(O)c(c1)Oc1cc(O)cc4c1. The Kier molecular flexibility index (Phi) is 26.4. The molecule has 610 valence electrons. The van der Waals surface area contributed by atoms with Crippen molar-refractivity contribution in [2.75, 3.05) is 60.9 Å². The molecule has 0 saturated carbocycles. The van der Waals surface area contributed by atoms with E-state index in [1.807, 2.05) is 38.0 Å². The number of benzene rings is 7. The van der Waals surface area contributed by atoms with Crippen LogP contribution in [0.25, 0.3) is 11.1 Å². The van der Waals surface area contributed by atoms with Gasteiger partial charge in [0.25, 0.3) is 0 Å². The van der Waals surface area contributed by atoms with E-state index in [-0.39, 0.29) is 109 Å². The summed E-state index contributed by atoms with van der Waals surface area (Å²) in [6.07, 6.45) is -1.33. The molecular weight excluding hydrogens is 1530 g/mol. The summed E-state index contributed by atoms with van der Waals surface area (Å²) in [5.41, 5.74) is 2.99. The fraction of sp³-hybridized carbons (Fsp3) is 0.362. The Bertz CT molecular complexity index is 4930. The Morgan fingerprint density at radius 1 is 0.565 bits per heavy atom. The van der Waals surface area contributed by atoms with Crippen LogP contribution in [0.2, 0.25) is 10.0 Å². The van der Waals surface area contributed by atoms with Crippen molar-refractivity contribution in [2.45, 2.75) is 126 Å². The van der Waals surface area contributed by atoms with Crippen molar-refractivity contribution < 1.29 is 97.8 Å². The van der Waals surface area contributed by atoms with Crippen LogP contribution in [0.15, 0.2) is 109 Å². The Labute approximate surface area is 670 Å². The maximum absolute atomic E-state index is 16.3. The summed E-state index contributed by atoms with van der Waals surface area (Å²) in [6, 6.07) is 6.49. The van der Waals surface area contributed by atoms with E-state index in [0.29, 0.717) is 38.8 Å². The van der Waals surface area contributed by atoms with Gasteiger partial charge in [-0.15, -0.1) is 0 Å². The number of unbranched alkanes of at least 4 members (excludes halogenated alkanes) is 1. The molecule has 0 radical (unpaired) electrons. The van der Waals surface area contributed by atoms with Crippen molar-refractivity contribution in [2.24, 2.45) is 5.73 Å². The lowest BCUT2D eigenvalue weighted by Crippen LogP contribution is -2.56. The number of nitrogens with zero attached hydrogens (tertiary/aromatic N) is 2. The molecule has 0 fully saturated rings. The van der Waals surface area contributed by atoms with Crippen LogP contribution < -0.4 is 73.1 Å². The lowest BCUT2D eigenvalue weighted by atomic mass is 9.87. The van der Waals surface area contributed by atoms with Gasteiger partial charge in [-0.25, -0.2) is 4.79 Å². The van der Waals surface area contributed by atoms with Crippen LogP contribution in [-0.2, 0) is 56.1 Å². The van der Waals surface area contributed by atoms with E-state index in [9.17, 15) is 54.9 Å². The molecule has 9 atom stereocenters. The lowest BCUT2D eigenvalue weighted by molar-refractivity contribution is -0.137. The molecule has 0 saturated heterocycles. The maximum atomic E-state index is 16.3. The second kappa shape index (κ2) is 36.1. The van der Waals surface area contributed by atoms with Crippen LogP contribution in [0.3, 0.4) is 0 Å². The first-order valence-corrected chi connectivity index (χ1v) is 37.7. The van der Waals surface area contributed by atoms with Gasteiger partial charge in [0.2, 0.25) is 53.0 Å². The van der Waals surface area contributed by atoms with E-state index in [2.05, 4.69) is 53.2 Å². The number of rotatable bonds is 18. The lowest BCUT2D eigenvalue weighted by Gasteiger charge is -2.32. The number of fused-ring (bicyclic) bond motifs is 14. The molecule has 115 heavy (non-hydrogen) atoms. The molecule has 6 aliphatic rings. The summed E-state index contributed by atoms with van der Waals surface area (Å²) < 4.78 is 24.4. The molecule has 7 aromatic rings. The standard InChI is InChI=1S/C80H91Cl2N13O20/c1-80(2,3)115-79(111)93-63-40-15-18-54(98)58(32-40)112-45-29-42(28-44(96)35-45)64-76(108)90-65-43-33-59(113-56-19-13-38(26-49(56)81)27-52(72(104)88-64)87-74(63)106)70(102)60(34-43)114-57-20-16-41(31-50(57)82)68(100)67-78(110)91-66(73(105)86-23-11-25-95(6)7)47-36-55(99)48(37-84-21-9-8-12-51(83)71(103)85-22-10-24-94(4)5)69(101)61(47)46-30-39(14-17-53(46)97)62(75(107)92-67)89-77(65)109/h13-20,26,28-36,51-52,62-68,84,96-102H,8-12,21-25,27,37,83H2,1-7H3,(H,85,103)(H,86,105)(H,87,106)(H,88,104)(H,89,109)(H,90,108)(H,91,110)(H,92,107)(H,93,111)/t51?,52-,62-,63+,64-,65-,66-,67-,68?/m0/s1. The number of hydrogen-bond acceptors (Lipinski definition) is 24. The second-order valence-corrected chi connectivity index (χ2v) is 30.6. The first-order chi connectivity index (χ1) is 54.6. The van der Waals surface area contributed by atoms with Gasteiger partial charge < -0.3 is 123 Å². The number of phenols is 6. The minimum Gasteiger partial charge on any atom is -0.508 e. The number of alkyl carbamates (subject to hydrolysis) is 1. The quantitative estimate of drug-likeness (QED) is 0.0426. The molecule has 6 heterocycles. The summed E-state index contributed by atoms with van der Waals surface area (Å²) in [5.74, 6) is -14.8. The summed E-state index contributed by atoms with van der Waals surface area (Å²) in [4.78, 5) is 139. The third-order valence-corrected chi connectivity index (χ3v) is 19.9. The smallest absolute Gasteiger partial charge is 0.408 e. The van der Waals surface area contributed by atoms with Crippen LogP contribution in [-0.4, -0.2) is 184 Å². The molecule has 0 aliphatic carbocycles. The number of hydrogen-bond donors (Lipinski definition) is 18. The number of amides is 9. The van der Waals surface area contributed by atoms with Crippen molar-refractivity contribution >= 4 is 76.6 Å².